The van der Waals surface area contributed by atoms with E-state index in [9.17, 15) is 14.4 Å². The van der Waals surface area contributed by atoms with Crippen molar-refractivity contribution in [2.24, 2.45) is 29.4 Å². The van der Waals surface area contributed by atoms with Crippen LogP contribution in [-0.4, -0.2) is 53.9 Å². The molecule has 3 aliphatic rings. The Bertz CT molecular complexity index is 699. The predicted octanol–water partition coefficient (Wildman–Crippen LogP) is 3.36. The Labute approximate surface area is 216 Å². The van der Waals surface area contributed by atoms with Crippen LogP contribution in [0.3, 0.4) is 0 Å². The lowest BCUT2D eigenvalue weighted by atomic mass is 9.74. The molecular formula is C27H48N4O3S. The van der Waals surface area contributed by atoms with Crippen molar-refractivity contribution in [3.8, 4) is 0 Å². The maximum absolute atomic E-state index is 13.0. The quantitative estimate of drug-likeness (QED) is 0.302. The number of hydrogen-bond acceptors (Lipinski definition) is 5. The number of carbonyl (C=O) groups is 3. The standard InChI is InChI=1S/C27H48N4O3S/c1-27(2,28)26(34)31-23(18-35-17-19-10-5-3-6-11-19)25(33)29-15-9-14-21-22(16-30-24(21)32)20-12-7-4-8-13-20/h19-23H,3-18,28H2,1-2H3,(H,29,33)(H,30,32)(H,31,34). The Morgan fingerprint density at radius 1 is 1.09 bits per heavy atom. The van der Waals surface area contributed by atoms with E-state index in [1.807, 2.05) is 0 Å². The van der Waals surface area contributed by atoms with Crippen LogP contribution in [0.1, 0.15) is 90.9 Å². The van der Waals surface area contributed by atoms with Gasteiger partial charge < -0.3 is 21.7 Å². The summed E-state index contributed by atoms with van der Waals surface area (Å²) in [6.45, 7) is 4.64. The fraction of sp³-hybridized carbons (Fsp3) is 0.889. The molecule has 3 atom stereocenters. The molecule has 0 aromatic heterocycles. The number of thioether (sulfide) groups is 1. The van der Waals surface area contributed by atoms with Gasteiger partial charge in [-0.2, -0.15) is 11.8 Å². The number of amides is 3. The van der Waals surface area contributed by atoms with Crippen molar-refractivity contribution in [1.82, 2.24) is 16.0 Å². The van der Waals surface area contributed by atoms with E-state index in [2.05, 4.69) is 16.0 Å². The van der Waals surface area contributed by atoms with E-state index in [1.165, 1.54) is 64.2 Å². The third kappa shape index (κ3) is 8.96. The third-order valence-electron chi connectivity index (χ3n) is 8.18. The molecule has 5 N–H and O–H groups in total. The van der Waals surface area contributed by atoms with Gasteiger partial charge in [0.05, 0.1) is 5.54 Å². The van der Waals surface area contributed by atoms with Crippen molar-refractivity contribution in [2.45, 2.75) is 102 Å². The Kier molecular flexibility index (Phi) is 11.2. The first-order valence-corrected chi connectivity index (χ1v) is 15.1. The fourth-order valence-corrected chi connectivity index (χ4v) is 7.25. The van der Waals surface area contributed by atoms with E-state index in [0.29, 0.717) is 30.1 Å². The molecule has 35 heavy (non-hydrogen) atoms. The van der Waals surface area contributed by atoms with Crippen molar-refractivity contribution in [3.63, 3.8) is 0 Å². The van der Waals surface area contributed by atoms with Crippen molar-refractivity contribution >= 4 is 29.5 Å². The lowest BCUT2D eigenvalue weighted by Crippen LogP contribution is -2.56. The molecule has 1 saturated heterocycles. The van der Waals surface area contributed by atoms with Gasteiger partial charge in [0, 0.05) is 24.8 Å². The average Bonchev–Trinajstić information content (AvgIpc) is 3.21. The van der Waals surface area contributed by atoms with E-state index in [1.54, 1.807) is 25.6 Å². The van der Waals surface area contributed by atoms with Gasteiger partial charge in [0.15, 0.2) is 0 Å². The molecule has 3 rings (SSSR count). The van der Waals surface area contributed by atoms with Gasteiger partial charge in [-0.15, -0.1) is 0 Å². The molecule has 0 bridgehead atoms. The Hall–Kier alpha value is -1.28. The summed E-state index contributed by atoms with van der Waals surface area (Å²) < 4.78 is 0. The molecule has 7 nitrogen and oxygen atoms in total. The molecule has 1 aliphatic heterocycles. The molecule has 8 heteroatoms. The van der Waals surface area contributed by atoms with Crippen LogP contribution >= 0.6 is 11.8 Å². The minimum atomic E-state index is -1.03. The van der Waals surface area contributed by atoms with E-state index >= 15 is 0 Å². The first-order valence-electron chi connectivity index (χ1n) is 14.0. The second-order valence-corrected chi connectivity index (χ2v) is 12.7. The zero-order chi connectivity index (χ0) is 25.3. The molecule has 0 radical (unpaired) electrons. The van der Waals surface area contributed by atoms with Gasteiger partial charge in [0.25, 0.3) is 0 Å². The zero-order valence-corrected chi connectivity index (χ0v) is 22.7. The van der Waals surface area contributed by atoms with Crippen LogP contribution in [0.25, 0.3) is 0 Å². The molecule has 3 unspecified atom stereocenters. The predicted molar refractivity (Wildman–Crippen MR) is 143 cm³/mol. The summed E-state index contributed by atoms with van der Waals surface area (Å²) >= 11 is 1.76. The average molecular weight is 509 g/mol. The van der Waals surface area contributed by atoms with Crippen LogP contribution in [0.5, 0.6) is 0 Å². The van der Waals surface area contributed by atoms with Gasteiger partial charge in [-0.3, -0.25) is 14.4 Å². The van der Waals surface area contributed by atoms with Crippen molar-refractivity contribution in [3.05, 3.63) is 0 Å². The smallest absolute Gasteiger partial charge is 0.243 e. The molecular weight excluding hydrogens is 460 g/mol. The second kappa shape index (κ2) is 13.9. The van der Waals surface area contributed by atoms with Crippen LogP contribution in [0.2, 0.25) is 0 Å². The molecule has 0 aromatic rings. The maximum atomic E-state index is 13.0. The molecule has 0 spiro atoms. The van der Waals surface area contributed by atoms with Gasteiger partial charge in [-0.25, -0.2) is 0 Å². The van der Waals surface area contributed by atoms with Crippen molar-refractivity contribution in [2.75, 3.05) is 24.6 Å². The number of carbonyl (C=O) groups excluding carboxylic acids is 3. The number of nitrogens with one attached hydrogen (secondary N) is 3. The molecule has 0 aromatic carbocycles. The lowest BCUT2D eigenvalue weighted by Gasteiger charge is -2.30. The van der Waals surface area contributed by atoms with E-state index < -0.39 is 11.6 Å². The lowest BCUT2D eigenvalue weighted by molar-refractivity contribution is -0.130. The normalized spacial score (nSPS) is 25.2. The van der Waals surface area contributed by atoms with E-state index in [0.717, 1.165) is 25.1 Å². The SMILES string of the molecule is CC(C)(N)C(=O)NC(CSCC1CCCCC1)C(=O)NCCCC1C(=O)NCC1C1CCCCC1. The van der Waals surface area contributed by atoms with Gasteiger partial charge in [-0.1, -0.05) is 51.4 Å². The Morgan fingerprint density at radius 2 is 1.74 bits per heavy atom. The van der Waals surface area contributed by atoms with Crippen molar-refractivity contribution < 1.29 is 14.4 Å². The van der Waals surface area contributed by atoms with Gasteiger partial charge in [-0.05, 0) is 63.0 Å². The highest BCUT2D eigenvalue weighted by Crippen LogP contribution is 2.37. The van der Waals surface area contributed by atoms with Crippen LogP contribution < -0.4 is 21.7 Å². The molecule has 1 heterocycles. The highest BCUT2D eigenvalue weighted by atomic mass is 32.2. The summed E-state index contributed by atoms with van der Waals surface area (Å²) in [6.07, 6.45) is 14.4. The van der Waals surface area contributed by atoms with Crippen LogP contribution in [0, 0.1) is 23.7 Å². The van der Waals surface area contributed by atoms with Gasteiger partial charge in [0.2, 0.25) is 17.7 Å². The highest BCUT2D eigenvalue weighted by molar-refractivity contribution is 7.99. The highest BCUT2D eigenvalue weighted by Gasteiger charge is 2.39. The molecule has 2 aliphatic carbocycles. The zero-order valence-electron chi connectivity index (χ0n) is 21.9. The third-order valence-corrected chi connectivity index (χ3v) is 9.46. The summed E-state index contributed by atoms with van der Waals surface area (Å²) in [7, 11) is 0. The van der Waals surface area contributed by atoms with Gasteiger partial charge in [0.1, 0.15) is 6.04 Å². The first-order chi connectivity index (χ1) is 16.8. The molecule has 2 saturated carbocycles. The topological polar surface area (TPSA) is 113 Å². The fourth-order valence-electron chi connectivity index (χ4n) is 5.98. The molecule has 200 valence electrons. The number of hydrogen-bond donors (Lipinski definition) is 4. The van der Waals surface area contributed by atoms with Crippen LogP contribution in [-0.2, 0) is 14.4 Å². The Balaban J connectivity index is 1.45. The van der Waals surface area contributed by atoms with Crippen molar-refractivity contribution in [1.29, 1.82) is 0 Å². The van der Waals surface area contributed by atoms with Gasteiger partial charge >= 0.3 is 0 Å². The molecule has 3 amide bonds. The monoisotopic (exact) mass is 508 g/mol. The van der Waals surface area contributed by atoms with E-state index in [4.69, 9.17) is 5.73 Å². The number of rotatable bonds is 12. The summed E-state index contributed by atoms with van der Waals surface area (Å²) in [5.74, 6) is 3.18. The summed E-state index contributed by atoms with van der Waals surface area (Å²) in [4.78, 5) is 38.0. The largest absolute Gasteiger partial charge is 0.356 e. The Morgan fingerprint density at radius 3 is 2.40 bits per heavy atom. The summed E-state index contributed by atoms with van der Waals surface area (Å²) in [6, 6.07) is -0.594. The maximum Gasteiger partial charge on any atom is 0.243 e. The number of nitrogens with two attached hydrogens (primary N) is 1. The minimum absolute atomic E-state index is 0.0644. The molecule has 3 fully saturated rings. The minimum Gasteiger partial charge on any atom is -0.356 e. The van der Waals surface area contributed by atoms with Crippen LogP contribution in [0.15, 0.2) is 0 Å². The van der Waals surface area contributed by atoms with E-state index in [-0.39, 0.29) is 23.6 Å². The van der Waals surface area contributed by atoms with Crippen LogP contribution in [0.4, 0.5) is 0 Å². The summed E-state index contributed by atoms with van der Waals surface area (Å²) in [5.41, 5.74) is 4.93. The summed E-state index contributed by atoms with van der Waals surface area (Å²) in [5, 5.41) is 8.98. The second-order valence-electron chi connectivity index (χ2n) is 11.6. The first kappa shape index (κ1) is 28.3.